The minimum Gasteiger partial charge on any atom is -0.463 e. The summed E-state index contributed by atoms with van der Waals surface area (Å²) in [6, 6.07) is 0. The van der Waals surface area contributed by atoms with Gasteiger partial charge in [0.2, 0.25) is 0 Å². The molecule has 0 heterocycles. The van der Waals surface area contributed by atoms with Crippen molar-refractivity contribution in [3.05, 3.63) is 12.2 Å². The molecule has 1 aliphatic carbocycles. The van der Waals surface area contributed by atoms with E-state index in [2.05, 4.69) is 6.92 Å². The van der Waals surface area contributed by atoms with Gasteiger partial charge in [0.1, 0.15) is 5.78 Å². The minimum absolute atomic E-state index is 0.000453. The number of unbranched alkanes of at least 4 members (excludes halogenated alkanes) is 5. The van der Waals surface area contributed by atoms with E-state index in [1.54, 1.807) is 0 Å². The summed E-state index contributed by atoms with van der Waals surface area (Å²) in [4.78, 5) is 23.7. The lowest BCUT2D eigenvalue weighted by Crippen LogP contribution is -2.22. The normalized spacial score (nSPS) is 24.1. The molecule has 30 heavy (non-hydrogen) atoms. The average Bonchev–Trinajstić information content (AvgIpc) is 2.94. The van der Waals surface area contributed by atoms with Crippen LogP contribution in [0.3, 0.4) is 0 Å². The predicted octanol–water partition coefficient (Wildman–Crippen LogP) is 5.12. The molecule has 0 aromatic heterocycles. The van der Waals surface area contributed by atoms with Crippen molar-refractivity contribution >= 4 is 11.8 Å². The number of aliphatic hydroxyl groups excluding tert-OH is 2. The summed E-state index contributed by atoms with van der Waals surface area (Å²) >= 11 is 0. The molecular weight excluding hydrogens is 380 g/mol. The highest BCUT2D eigenvalue weighted by atomic mass is 16.5. The van der Waals surface area contributed by atoms with Gasteiger partial charge in [-0.2, -0.15) is 0 Å². The van der Waals surface area contributed by atoms with E-state index in [1.165, 1.54) is 19.3 Å². The molecular formula is C25H44O5. The molecule has 1 rings (SSSR count). The van der Waals surface area contributed by atoms with E-state index in [0.29, 0.717) is 38.5 Å². The fourth-order valence-electron chi connectivity index (χ4n) is 4.34. The summed E-state index contributed by atoms with van der Waals surface area (Å²) in [5.74, 6) is 0.0970. The van der Waals surface area contributed by atoms with Crippen LogP contribution < -0.4 is 0 Å². The third-order valence-electron chi connectivity index (χ3n) is 6.03. The molecule has 1 aliphatic rings. The molecule has 4 atom stereocenters. The van der Waals surface area contributed by atoms with Crippen LogP contribution in [0.1, 0.15) is 104 Å². The molecule has 2 N–H and O–H groups in total. The van der Waals surface area contributed by atoms with Crippen LogP contribution in [0.2, 0.25) is 0 Å². The molecule has 5 nitrogen and oxygen atoms in total. The first-order chi connectivity index (χ1) is 14.3. The lowest BCUT2D eigenvalue weighted by atomic mass is 9.86. The Morgan fingerprint density at radius 2 is 1.63 bits per heavy atom. The molecule has 5 heteroatoms. The maximum atomic E-state index is 12.2. The molecule has 0 saturated heterocycles. The number of carbonyl (C=O) groups excluding carboxylic acids is 2. The minimum atomic E-state index is -0.526. The van der Waals surface area contributed by atoms with Crippen LogP contribution in [-0.2, 0) is 14.3 Å². The van der Waals surface area contributed by atoms with Crippen molar-refractivity contribution in [3.63, 3.8) is 0 Å². The Balaban J connectivity index is 2.30. The third-order valence-corrected chi connectivity index (χ3v) is 6.03. The van der Waals surface area contributed by atoms with Crippen LogP contribution in [0, 0.1) is 11.8 Å². The van der Waals surface area contributed by atoms with Gasteiger partial charge in [-0.15, -0.1) is 0 Å². The number of carbonyl (C=O) groups is 2. The van der Waals surface area contributed by atoms with E-state index in [0.717, 1.165) is 25.7 Å². The Morgan fingerprint density at radius 3 is 2.33 bits per heavy atom. The highest BCUT2D eigenvalue weighted by Gasteiger charge is 2.40. The van der Waals surface area contributed by atoms with E-state index in [-0.39, 0.29) is 29.7 Å². The molecule has 0 aromatic carbocycles. The van der Waals surface area contributed by atoms with Crippen molar-refractivity contribution < 1.29 is 24.5 Å². The van der Waals surface area contributed by atoms with Crippen molar-refractivity contribution in [1.29, 1.82) is 0 Å². The molecule has 174 valence electrons. The summed E-state index contributed by atoms with van der Waals surface area (Å²) in [5, 5.41) is 20.7. The molecule has 1 fully saturated rings. The van der Waals surface area contributed by atoms with E-state index >= 15 is 0 Å². The summed E-state index contributed by atoms with van der Waals surface area (Å²) < 4.78 is 5.11. The fourth-order valence-corrected chi connectivity index (χ4v) is 4.34. The number of esters is 1. The van der Waals surface area contributed by atoms with Crippen LogP contribution in [0.15, 0.2) is 12.2 Å². The maximum absolute atomic E-state index is 12.2. The van der Waals surface area contributed by atoms with Gasteiger partial charge in [-0.05, 0) is 64.2 Å². The summed E-state index contributed by atoms with van der Waals surface area (Å²) in [6.45, 7) is 5.87. The van der Waals surface area contributed by atoms with Crippen molar-refractivity contribution in [1.82, 2.24) is 0 Å². The van der Waals surface area contributed by atoms with Crippen molar-refractivity contribution in [2.75, 3.05) is 0 Å². The molecule has 0 spiro atoms. The second-order valence-electron chi connectivity index (χ2n) is 9.08. The number of Topliss-reactive ketones (excluding diaryl/α,β-unsaturated/α-hetero) is 1. The number of rotatable bonds is 16. The standard InChI is InChI=1S/C25H44O5/c1-4-5-6-7-10-13-20(26)16-17-22-21(23(27)18-24(22)28)14-11-8-9-12-15-25(29)30-19(2)3/h8,11,19,21-24,27-28H,4-7,9-10,12-18H2,1-3H3/b11-8-/t21-,22-,23+,24-/m0/s1. The van der Waals surface area contributed by atoms with Crippen LogP contribution in [-0.4, -0.2) is 40.3 Å². The molecule has 1 saturated carbocycles. The van der Waals surface area contributed by atoms with Crippen molar-refractivity contribution in [2.45, 2.75) is 123 Å². The van der Waals surface area contributed by atoms with Gasteiger partial charge < -0.3 is 14.9 Å². The Hall–Kier alpha value is -1.20. The molecule has 0 amide bonds. The monoisotopic (exact) mass is 424 g/mol. The van der Waals surface area contributed by atoms with E-state index in [9.17, 15) is 19.8 Å². The second-order valence-corrected chi connectivity index (χ2v) is 9.08. The first-order valence-corrected chi connectivity index (χ1v) is 12.1. The average molecular weight is 425 g/mol. The van der Waals surface area contributed by atoms with E-state index in [1.807, 2.05) is 26.0 Å². The van der Waals surface area contributed by atoms with Crippen LogP contribution in [0.5, 0.6) is 0 Å². The zero-order valence-corrected chi connectivity index (χ0v) is 19.4. The number of ether oxygens (including phenoxy) is 1. The third kappa shape index (κ3) is 11.3. The molecule has 0 bridgehead atoms. The van der Waals surface area contributed by atoms with Gasteiger partial charge >= 0.3 is 5.97 Å². The summed E-state index contributed by atoms with van der Waals surface area (Å²) in [7, 11) is 0. The van der Waals surface area contributed by atoms with Gasteiger partial charge in [-0.25, -0.2) is 0 Å². The maximum Gasteiger partial charge on any atom is 0.306 e. The molecule has 0 aliphatic heterocycles. The van der Waals surface area contributed by atoms with Crippen molar-refractivity contribution in [2.24, 2.45) is 11.8 Å². The molecule has 0 unspecified atom stereocenters. The van der Waals surface area contributed by atoms with Crippen LogP contribution in [0.25, 0.3) is 0 Å². The number of hydrogen-bond acceptors (Lipinski definition) is 5. The SMILES string of the molecule is CCCCCCCC(=O)CC[C@H]1[C@H](C/C=C\CCCC(=O)OC(C)C)[C@H](O)C[C@@H]1O. The smallest absolute Gasteiger partial charge is 0.306 e. The molecule has 0 aromatic rings. The van der Waals surface area contributed by atoms with Crippen LogP contribution >= 0.6 is 0 Å². The number of ketones is 1. The number of hydrogen-bond donors (Lipinski definition) is 2. The quantitative estimate of drug-likeness (QED) is 0.204. The lowest BCUT2D eigenvalue weighted by Gasteiger charge is -2.22. The predicted molar refractivity (Wildman–Crippen MR) is 120 cm³/mol. The van der Waals surface area contributed by atoms with Crippen LogP contribution in [0.4, 0.5) is 0 Å². The summed E-state index contributed by atoms with van der Waals surface area (Å²) in [6.07, 6.45) is 13.5. The van der Waals surface area contributed by atoms with Crippen molar-refractivity contribution in [3.8, 4) is 0 Å². The Labute approximate surface area is 183 Å². The van der Waals surface area contributed by atoms with E-state index < -0.39 is 12.2 Å². The largest absolute Gasteiger partial charge is 0.463 e. The Morgan fingerprint density at radius 1 is 0.933 bits per heavy atom. The highest BCUT2D eigenvalue weighted by molar-refractivity contribution is 5.78. The zero-order chi connectivity index (χ0) is 22.4. The Kier molecular flexibility index (Phi) is 13.9. The number of allylic oxidation sites excluding steroid dienone is 2. The highest BCUT2D eigenvalue weighted by Crippen LogP contribution is 2.38. The zero-order valence-electron chi connectivity index (χ0n) is 19.4. The second kappa shape index (κ2) is 15.6. The van der Waals surface area contributed by atoms with E-state index in [4.69, 9.17) is 4.74 Å². The summed E-state index contributed by atoms with van der Waals surface area (Å²) in [5.41, 5.74) is 0. The van der Waals surface area contributed by atoms with Gasteiger partial charge in [0, 0.05) is 19.3 Å². The van der Waals surface area contributed by atoms with Gasteiger partial charge in [0.25, 0.3) is 0 Å². The number of aliphatic hydroxyl groups is 2. The lowest BCUT2D eigenvalue weighted by molar-refractivity contribution is -0.147. The van der Waals surface area contributed by atoms with Gasteiger partial charge in [0.15, 0.2) is 0 Å². The van der Waals surface area contributed by atoms with Gasteiger partial charge in [0.05, 0.1) is 18.3 Å². The topological polar surface area (TPSA) is 83.8 Å². The first-order valence-electron chi connectivity index (χ1n) is 12.1. The first kappa shape index (κ1) is 26.8. The van der Waals surface area contributed by atoms with Gasteiger partial charge in [-0.1, -0.05) is 44.8 Å². The Bertz CT molecular complexity index is 514. The van der Waals surface area contributed by atoms with Gasteiger partial charge in [-0.3, -0.25) is 9.59 Å². The fraction of sp³-hybridized carbons (Fsp3) is 0.840. The molecule has 0 radical (unpaired) electrons.